The standard InChI is InChI=1S/C9H8Cl2O4S/c1-15-9(12)5-16(13,14)6-2-3-7(10)8(11)4-6/h2-4H,5H2,1H3. The highest BCUT2D eigenvalue weighted by atomic mass is 35.5. The number of hydrogen-bond acceptors (Lipinski definition) is 4. The largest absolute Gasteiger partial charge is 0.468 e. The van der Waals surface area contributed by atoms with Gasteiger partial charge in [0, 0.05) is 0 Å². The SMILES string of the molecule is COC(=O)CS(=O)(=O)c1ccc(Cl)c(Cl)c1. The molecule has 7 heteroatoms. The van der Waals surface area contributed by atoms with Gasteiger partial charge < -0.3 is 4.74 Å². The van der Waals surface area contributed by atoms with Crippen LogP contribution in [0.25, 0.3) is 0 Å². The molecule has 0 aliphatic carbocycles. The highest BCUT2D eigenvalue weighted by molar-refractivity contribution is 7.92. The van der Waals surface area contributed by atoms with Crippen molar-refractivity contribution in [2.75, 3.05) is 12.9 Å². The molecule has 0 radical (unpaired) electrons. The average Bonchev–Trinajstić information content (AvgIpc) is 2.21. The van der Waals surface area contributed by atoms with Gasteiger partial charge in [0.15, 0.2) is 15.6 Å². The third-order valence-electron chi connectivity index (χ3n) is 1.79. The van der Waals surface area contributed by atoms with Gasteiger partial charge in [0.25, 0.3) is 0 Å². The van der Waals surface area contributed by atoms with Gasteiger partial charge in [0.1, 0.15) is 0 Å². The predicted molar refractivity (Wildman–Crippen MR) is 60.5 cm³/mol. The van der Waals surface area contributed by atoms with Gasteiger partial charge in [-0.1, -0.05) is 23.2 Å². The number of rotatable bonds is 3. The molecule has 0 N–H and O–H groups in total. The summed E-state index contributed by atoms with van der Waals surface area (Å²) in [6.07, 6.45) is 0. The number of sulfone groups is 1. The number of esters is 1. The topological polar surface area (TPSA) is 60.4 Å². The summed E-state index contributed by atoms with van der Waals surface area (Å²) in [7, 11) is -2.61. The van der Waals surface area contributed by atoms with Crippen molar-refractivity contribution in [3.8, 4) is 0 Å². The Morgan fingerprint density at radius 1 is 1.31 bits per heavy atom. The first kappa shape index (κ1) is 13.3. The molecular weight excluding hydrogens is 275 g/mol. The molecule has 0 saturated heterocycles. The van der Waals surface area contributed by atoms with Crippen molar-refractivity contribution in [2.24, 2.45) is 0 Å². The Labute approximate surface area is 103 Å². The second kappa shape index (κ2) is 5.03. The third-order valence-corrected chi connectivity index (χ3v) is 4.11. The number of benzene rings is 1. The summed E-state index contributed by atoms with van der Waals surface area (Å²) in [6, 6.07) is 3.84. The smallest absolute Gasteiger partial charge is 0.321 e. The molecule has 0 unspecified atom stereocenters. The van der Waals surface area contributed by atoms with Gasteiger partial charge in [-0.2, -0.15) is 0 Å². The maximum atomic E-state index is 11.7. The molecule has 0 aliphatic heterocycles. The lowest BCUT2D eigenvalue weighted by atomic mass is 10.4. The molecule has 0 spiro atoms. The van der Waals surface area contributed by atoms with Crippen LogP contribution in [0.1, 0.15) is 0 Å². The van der Waals surface area contributed by atoms with Gasteiger partial charge >= 0.3 is 5.97 Å². The molecule has 0 bridgehead atoms. The average molecular weight is 283 g/mol. The summed E-state index contributed by atoms with van der Waals surface area (Å²) in [5, 5.41) is 0.367. The zero-order chi connectivity index (χ0) is 12.3. The van der Waals surface area contributed by atoms with E-state index in [0.717, 1.165) is 7.11 Å². The molecule has 4 nitrogen and oxygen atoms in total. The second-order valence-corrected chi connectivity index (χ2v) is 5.72. The van der Waals surface area contributed by atoms with Crippen molar-refractivity contribution in [1.82, 2.24) is 0 Å². The monoisotopic (exact) mass is 282 g/mol. The zero-order valence-corrected chi connectivity index (χ0v) is 10.6. The second-order valence-electron chi connectivity index (χ2n) is 2.91. The van der Waals surface area contributed by atoms with Crippen LogP contribution in [0.3, 0.4) is 0 Å². The molecule has 0 saturated carbocycles. The summed E-state index contributed by atoms with van der Waals surface area (Å²) in [5.74, 6) is -1.55. The van der Waals surface area contributed by atoms with Gasteiger partial charge in [-0.3, -0.25) is 4.79 Å². The Balaban J connectivity index is 3.08. The normalized spacial score (nSPS) is 11.2. The lowest BCUT2D eigenvalue weighted by Crippen LogP contribution is -2.17. The molecule has 0 fully saturated rings. The van der Waals surface area contributed by atoms with E-state index in [1.165, 1.54) is 18.2 Å². The number of halogens is 2. The zero-order valence-electron chi connectivity index (χ0n) is 8.24. The lowest BCUT2D eigenvalue weighted by molar-refractivity contribution is -0.137. The van der Waals surface area contributed by atoms with Crippen molar-refractivity contribution in [2.45, 2.75) is 4.90 Å². The van der Waals surface area contributed by atoms with Crippen molar-refractivity contribution in [1.29, 1.82) is 0 Å². The minimum Gasteiger partial charge on any atom is -0.468 e. The Morgan fingerprint density at radius 2 is 1.94 bits per heavy atom. The molecule has 1 aromatic carbocycles. The van der Waals surface area contributed by atoms with Crippen LogP contribution >= 0.6 is 23.2 Å². The van der Waals surface area contributed by atoms with Crippen LogP contribution in [0.5, 0.6) is 0 Å². The third kappa shape index (κ3) is 3.10. The van der Waals surface area contributed by atoms with Crippen LogP contribution in [0.15, 0.2) is 23.1 Å². The molecule has 0 atom stereocenters. The van der Waals surface area contributed by atoms with Gasteiger partial charge in [0.05, 0.1) is 22.1 Å². The van der Waals surface area contributed by atoms with E-state index in [9.17, 15) is 13.2 Å². The number of carbonyl (C=O) groups is 1. The van der Waals surface area contributed by atoms with Crippen LogP contribution in [-0.4, -0.2) is 27.2 Å². The first-order valence-electron chi connectivity index (χ1n) is 4.11. The number of carbonyl (C=O) groups excluding carboxylic acids is 1. The quantitative estimate of drug-likeness (QED) is 0.795. The molecule has 0 amide bonds. The van der Waals surface area contributed by atoms with Crippen LogP contribution in [0.4, 0.5) is 0 Å². The van der Waals surface area contributed by atoms with Crippen molar-refractivity contribution >= 4 is 39.0 Å². The van der Waals surface area contributed by atoms with E-state index in [2.05, 4.69) is 4.74 Å². The Kier molecular flexibility index (Phi) is 4.18. The number of hydrogen-bond donors (Lipinski definition) is 0. The van der Waals surface area contributed by atoms with Gasteiger partial charge in [0.2, 0.25) is 0 Å². The van der Waals surface area contributed by atoms with Crippen molar-refractivity contribution < 1.29 is 17.9 Å². The molecule has 16 heavy (non-hydrogen) atoms. The predicted octanol–water partition coefficient (Wildman–Crippen LogP) is 1.94. The van der Waals surface area contributed by atoms with E-state index in [1.54, 1.807) is 0 Å². The summed E-state index contributed by atoms with van der Waals surface area (Å²) in [5.41, 5.74) is 0. The summed E-state index contributed by atoms with van der Waals surface area (Å²) >= 11 is 11.3. The van der Waals surface area contributed by atoms with Crippen molar-refractivity contribution in [3.05, 3.63) is 28.2 Å². The summed E-state index contributed by atoms with van der Waals surface area (Å²) in [6.45, 7) is 0. The van der Waals surface area contributed by atoms with E-state index >= 15 is 0 Å². The molecule has 88 valence electrons. The first-order valence-corrected chi connectivity index (χ1v) is 6.52. The molecule has 1 rings (SSSR count). The van der Waals surface area contributed by atoms with Gasteiger partial charge in [-0.15, -0.1) is 0 Å². The van der Waals surface area contributed by atoms with Crippen LogP contribution < -0.4 is 0 Å². The fraction of sp³-hybridized carbons (Fsp3) is 0.222. The van der Waals surface area contributed by atoms with E-state index in [4.69, 9.17) is 23.2 Å². The minimum atomic E-state index is -3.73. The van der Waals surface area contributed by atoms with Crippen molar-refractivity contribution in [3.63, 3.8) is 0 Å². The van der Waals surface area contributed by atoms with Crippen LogP contribution in [0.2, 0.25) is 10.0 Å². The van der Waals surface area contributed by atoms with Crippen LogP contribution in [0, 0.1) is 0 Å². The van der Waals surface area contributed by atoms with E-state index in [-0.39, 0.29) is 14.9 Å². The molecule has 0 heterocycles. The Hall–Kier alpha value is -0.780. The fourth-order valence-corrected chi connectivity index (χ4v) is 2.50. The Morgan fingerprint density at radius 3 is 2.44 bits per heavy atom. The highest BCUT2D eigenvalue weighted by Crippen LogP contribution is 2.25. The minimum absolute atomic E-state index is 0.0627. The summed E-state index contributed by atoms with van der Waals surface area (Å²) < 4.78 is 27.6. The van der Waals surface area contributed by atoms with E-state index in [1.807, 2.05) is 0 Å². The maximum Gasteiger partial charge on any atom is 0.321 e. The molecule has 0 aliphatic rings. The van der Waals surface area contributed by atoms with Gasteiger partial charge in [-0.05, 0) is 18.2 Å². The fourth-order valence-electron chi connectivity index (χ4n) is 0.968. The van der Waals surface area contributed by atoms with Crippen LogP contribution in [-0.2, 0) is 19.4 Å². The summed E-state index contributed by atoms with van der Waals surface area (Å²) in [4.78, 5) is 10.8. The Bertz CT molecular complexity index is 510. The highest BCUT2D eigenvalue weighted by Gasteiger charge is 2.20. The first-order chi connectivity index (χ1) is 7.36. The lowest BCUT2D eigenvalue weighted by Gasteiger charge is -2.04. The number of methoxy groups -OCH3 is 1. The molecule has 1 aromatic rings. The van der Waals surface area contributed by atoms with E-state index < -0.39 is 21.6 Å². The maximum absolute atomic E-state index is 11.7. The molecule has 0 aromatic heterocycles. The van der Waals surface area contributed by atoms with Gasteiger partial charge in [-0.25, -0.2) is 8.42 Å². The molecular formula is C9H8Cl2O4S. The number of ether oxygens (including phenoxy) is 1. The van der Waals surface area contributed by atoms with E-state index in [0.29, 0.717) is 0 Å².